The van der Waals surface area contributed by atoms with E-state index in [1.165, 1.54) is 18.4 Å². The summed E-state index contributed by atoms with van der Waals surface area (Å²) >= 11 is 0. The van der Waals surface area contributed by atoms with Crippen molar-refractivity contribution >= 4 is 0 Å². The molecule has 1 atom stereocenters. The van der Waals surface area contributed by atoms with Crippen LogP contribution in [0.2, 0.25) is 0 Å². The van der Waals surface area contributed by atoms with E-state index in [4.69, 9.17) is 10.5 Å². The van der Waals surface area contributed by atoms with Crippen LogP contribution in [0.4, 0.5) is 0 Å². The van der Waals surface area contributed by atoms with Gasteiger partial charge in [0.05, 0.1) is 0 Å². The summed E-state index contributed by atoms with van der Waals surface area (Å²) in [7, 11) is 0. The number of benzene rings is 1. The Morgan fingerprint density at radius 2 is 1.69 bits per heavy atom. The lowest BCUT2D eigenvalue weighted by Gasteiger charge is -2.08. The van der Waals surface area contributed by atoms with Crippen molar-refractivity contribution in [1.82, 2.24) is 0 Å². The first-order chi connectivity index (χ1) is 6.34. The second-order valence-electron chi connectivity index (χ2n) is 3.10. The van der Waals surface area contributed by atoms with Gasteiger partial charge < -0.3 is 0 Å². The molecule has 13 heavy (non-hydrogen) atoms. The molecular formula is C11H18O2. The van der Waals surface area contributed by atoms with Crippen molar-refractivity contribution in [3.63, 3.8) is 0 Å². The molecule has 0 aliphatic heterocycles. The SMILES string of the molecule is CCCC(C)c1ccccc1.OO. The predicted molar refractivity (Wildman–Crippen MR) is 55.0 cm³/mol. The molecule has 1 aromatic carbocycles. The fourth-order valence-corrected chi connectivity index (χ4v) is 1.38. The van der Waals surface area contributed by atoms with Crippen LogP contribution in [0.15, 0.2) is 30.3 Å². The van der Waals surface area contributed by atoms with Crippen molar-refractivity contribution in [2.24, 2.45) is 0 Å². The molecule has 0 fully saturated rings. The number of hydrogen-bond acceptors (Lipinski definition) is 2. The molecule has 74 valence electrons. The molecule has 0 spiro atoms. The molecule has 0 bridgehead atoms. The van der Waals surface area contributed by atoms with Crippen LogP contribution in [0, 0.1) is 0 Å². The highest BCUT2D eigenvalue weighted by atomic mass is 17.0. The van der Waals surface area contributed by atoms with E-state index in [0.717, 1.165) is 5.92 Å². The first kappa shape index (κ1) is 12.1. The summed E-state index contributed by atoms with van der Waals surface area (Å²) in [6.45, 7) is 4.53. The fraction of sp³-hybridized carbons (Fsp3) is 0.455. The molecule has 2 nitrogen and oxygen atoms in total. The summed E-state index contributed by atoms with van der Waals surface area (Å²) in [5.74, 6) is 0.723. The summed E-state index contributed by atoms with van der Waals surface area (Å²) in [5.41, 5.74) is 1.47. The summed E-state index contributed by atoms with van der Waals surface area (Å²) in [4.78, 5) is 0. The number of hydrogen-bond donors (Lipinski definition) is 2. The highest BCUT2D eigenvalue weighted by molar-refractivity contribution is 5.18. The minimum absolute atomic E-state index is 0.723. The van der Waals surface area contributed by atoms with Crippen molar-refractivity contribution in [1.29, 1.82) is 0 Å². The van der Waals surface area contributed by atoms with E-state index in [-0.39, 0.29) is 0 Å². The van der Waals surface area contributed by atoms with Crippen LogP contribution in [-0.2, 0) is 0 Å². The molecule has 0 aromatic heterocycles. The molecule has 2 heteroatoms. The number of rotatable bonds is 3. The van der Waals surface area contributed by atoms with Gasteiger partial charge in [-0.05, 0) is 17.9 Å². The van der Waals surface area contributed by atoms with Gasteiger partial charge in [-0.25, -0.2) is 0 Å². The van der Waals surface area contributed by atoms with E-state index in [1.807, 2.05) is 0 Å². The molecule has 0 saturated carbocycles. The molecule has 1 aromatic rings. The predicted octanol–water partition coefficient (Wildman–Crippen LogP) is 3.61. The molecule has 0 amide bonds. The van der Waals surface area contributed by atoms with Gasteiger partial charge in [0.2, 0.25) is 0 Å². The summed E-state index contributed by atoms with van der Waals surface area (Å²) in [5, 5.41) is 12.0. The lowest BCUT2D eigenvalue weighted by Crippen LogP contribution is -1.91. The molecular weight excluding hydrogens is 164 g/mol. The Labute approximate surface area is 79.8 Å². The molecule has 0 radical (unpaired) electrons. The zero-order valence-electron chi connectivity index (χ0n) is 8.27. The molecule has 2 N–H and O–H groups in total. The smallest absolute Gasteiger partial charge is 0.0190 e. The van der Waals surface area contributed by atoms with Crippen LogP contribution < -0.4 is 0 Å². The second kappa shape index (κ2) is 7.77. The summed E-state index contributed by atoms with van der Waals surface area (Å²) in [6.07, 6.45) is 2.57. The highest BCUT2D eigenvalue weighted by Gasteiger charge is 2.01. The van der Waals surface area contributed by atoms with Gasteiger partial charge in [0.1, 0.15) is 0 Å². The zero-order valence-corrected chi connectivity index (χ0v) is 8.27. The average Bonchev–Trinajstić information content (AvgIpc) is 2.23. The van der Waals surface area contributed by atoms with Crippen LogP contribution in [0.3, 0.4) is 0 Å². The Kier molecular flexibility index (Phi) is 7.26. The highest BCUT2D eigenvalue weighted by Crippen LogP contribution is 2.19. The van der Waals surface area contributed by atoms with E-state index in [1.54, 1.807) is 0 Å². The maximum Gasteiger partial charge on any atom is -0.0190 e. The van der Waals surface area contributed by atoms with Crippen LogP contribution in [0.5, 0.6) is 0 Å². The summed E-state index contributed by atoms with van der Waals surface area (Å²) < 4.78 is 0. The molecule has 0 aliphatic rings. The van der Waals surface area contributed by atoms with Gasteiger partial charge in [-0.15, -0.1) is 0 Å². The molecule has 1 rings (SSSR count). The standard InChI is InChI=1S/C11H16.H2O2/c1-3-7-10(2)11-8-5-4-6-9-11;1-2/h4-6,8-10H,3,7H2,1-2H3;1-2H. The zero-order chi connectivity index (χ0) is 10.1. The Bertz CT molecular complexity index is 197. The van der Waals surface area contributed by atoms with Gasteiger partial charge in [-0.3, -0.25) is 10.5 Å². The Hall–Kier alpha value is -0.860. The lowest BCUT2D eigenvalue weighted by atomic mass is 9.97. The van der Waals surface area contributed by atoms with Crippen molar-refractivity contribution in [2.45, 2.75) is 32.6 Å². The quantitative estimate of drug-likeness (QED) is 0.553. The molecule has 0 saturated heterocycles. The molecule has 1 unspecified atom stereocenters. The Morgan fingerprint density at radius 3 is 2.15 bits per heavy atom. The van der Waals surface area contributed by atoms with Gasteiger partial charge in [0, 0.05) is 0 Å². The van der Waals surface area contributed by atoms with Crippen molar-refractivity contribution in [3.8, 4) is 0 Å². The third-order valence-corrected chi connectivity index (χ3v) is 2.09. The van der Waals surface area contributed by atoms with E-state index >= 15 is 0 Å². The van der Waals surface area contributed by atoms with Crippen LogP contribution >= 0.6 is 0 Å². The van der Waals surface area contributed by atoms with Crippen LogP contribution in [0.25, 0.3) is 0 Å². The maximum atomic E-state index is 6.00. The third kappa shape index (κ3) is 4.65. The van der Waals surface area contributed by atoms with E-state index in [0.29, 0.717) is 0 Å². The van der Waals surface area contributed by atoms with Crippen LogP contribution in [0.1, 0.15) is 38.2 Å². The van der Waals surface area contributed by atoms with Crippen molar-refractivity contribution in [2.75, 3.05) is 0 Å². The first-order valence-electron chi connectivity index (χ1n) is 4.59. The van der Waals surface area contributed by atoms with Gasteiger partial charge >= 0.3 is 0 Å². The Balaban J connectivity index is 0.000000671. The Morgan fingerprint density at radius 1 is 1.15 bits per heavy atom. The fourth-order valence-electron chi connectivity index (χ4n) is 1.38. The van der Waals surface area contributed by atoms with E-state index in [2.05, 4.69) is 44.2 Å². The van der Waals surface area contributed by atoms with Crippen LogP contribution in [-0.4, -0.2) is 10.5 Å². The first-order valence-corrected chi connectivity index (χ1v) is 4.59. The van der Waals surface area contributed by atoms with Crippen molar-refractivity contribution < 1.29 is 10.5 Å². The van der Waals surface area contributed by atoms with Gasteiger partial charge in [0.15, 0.2) is 0 Å². The van der Waals surface area contributed by atoms with Gasteiger partial charge in [-0.2, -0.15) is 0 Å². The van der Waals surface area contributed by atoms with E-state index < -0.39 is 0 Å². The van der Waals surface area contributed by atoms with E-state index in [9.17, 15) is 0 Å². The average molecular weight is 182 g/mol. The molecule has 0 aliphatic carbocycles. The van der Waals surface area contributed by atoms with Crippen molar-refractivity contribution in [3.05, 3.63) is 35.9 Å². The monoisotopic (exact) mass is 182 g/mol. The minimum Gasteiger partial charge on any atom is -0.255 e. The largest absolute Gasteiger partial charge is 0.255 e. The van der Waals surface area contributed by atoms with Gasteiger partial charge in [-0.1, -0.05) is 50.6 Å². The van der Waals surface area contributed by atoms with Gasteiger partial charge in [0.25, 0.3) is 0 Å². The minimum atomic E-state index is 0.723. The topological polar surface area (TPSA) is 40.5 Å². The summed E-state index contributed by atoms with van der Waals surface area (Å²) in [6, 6.07) is 10.7. The maximum absolute atomic E-state index is 6.00. The second-order valence-corrected chi connectivity index (χ2v) is 3.10. The third-order valence-electron chi connectivity index (χ3n) is 2.09. The lowest BCUT2D eigenvalue weighted by molar-refractivity contribution is -0.176. The molecule has 0 heterocycles. The normalized spacial score (nSPS) is 11.4.